The molecule has 0 heterocycles. The Balaban J connectivity index is 3.48. The van der Waals surface area contributed by atoms with Crippen molar-refractivity contribution in [3.63, 3.8) is 0 Å². The molecule has 0 aliphatic heterocycles. The van der Waals surface area contributed by atoms with E-state index in [1.807, 2.05) is 13.8 Å². The highest BCUT2D eigenvalue weighted by Crippen LogP contribution is 1.91. The third-order valence-electron chi connectivity index (χ3n) is 2.99. The van der Waals surface area contributed by atoms with Gasteiger partial charge in [-0.3, -0.25) is 14.4 Å². The van der Waals surface area contributed by atoms with Crippen molar-refractivity contribution in [3.05, 3.63) is 12.2 Å². The van der Waals surface area contributed by atoms with E-state index >= 15 is 0 Å². The van der Waals surface area contributed by atoms with Crippen molar-refractivity contribution in [1.29, 1.82) is 0 Å². The zero-order valence-corrected chi connectivity index (χ0v) is 15.4. The molecule has 0 saturated carbocycles. The Morgan fingerprint density at radius 1 is 1.08 bits per heavy atom. The number of nitrogens with one attached hydrogen (secondary N) is 1. The molecule has 0 saturated heterocycles. The normalized spacial score (nSPS) is 11.0. The van der Waals surface area contributed by atoms with E-state index in [-0.39, 0.29) is 30.9 Å². The minimum Gasteiger partial charge on any atom is -0.377 e. The summed E-state index contributed by atoms with van der Waals surface area (Å²) in [5.41, 5.74) is 0. The number of nitrogens with zero attached hydrogens (tertiary/aromatic N) is 1. The topological polar surface area (TPSA) is 94.2 Å². The van der Waals surface area contributed by atoms with Crippen LogP contribution in [0.15, 0.2) is 12.2 Å². The van der Waals surface area contributed by atoms with Crippen molar-refractivity contribution in [3.8, 4) is 0 Å². The van der Waals surface area contributed by atoms with E-state index in [1.165, 1.54) is 4.90 Å². The van der Waals surface area contributed by atoms with Crippen molar-refractivity contribution in [2.24, 2.45) is 0 Å². The Kier molecular flexibility index (Phi) is 14.6. The van der Waals surface area contributed by atoms with Gasteiger partial charge in [-0.1, -0.05) is 0 Å². The number of ether oxygens (including phenoxy) is 3. The molecule has 0 rings (SSSR count). The van der Waals surface area contributed by atoms with Gasteiger partial charge < -0.3 is 24.4 Å². The fourth-order valence-electron chi connectivity index (χ4n) is 1.64. The summed E-state index contributed by atoms with van der Waals surface area (Å²) in [6.45, 7) is 7.06. The summed E-state index contributed by atoms with van der Waals surface area (Å²) in [5.74, 6) is -0.480. The Morgan fingerprint density at radius 2 is 1.72 bits per heavy atom. The Hall–Kier alpha value is -1.77. The van der Waals surface area contributed by atoms with Crippen LogP contribution in [-0.2, 0) is 28.6 Å². The molecule has 0 spiro atoms. The number of likely N-dealkylation sites (N-methyl/N-ethyl adjacent to an activating group) is 1. The van der Waals surface area contributed by atoms with Gasteiger partial charge in [-0.2, -0.15) is 0 Å². The number of hydrogen-bond acceptors (Lipinski definition) is 6. The highest BCUT2D eigenvalue weighted by molar-refractivity contribution is 5.91. The van der Waals surface area contributed by atoms with Gasteiger partial charge in [0.25, 0.3) is 0 Å². The predicted octanol–water partition coefficient (Wildman–Crippen LogP) is 0.164. The van der Waals surface area contributed by atoms with Crippen LogP contribution < -0.4 is 5.32 Å². The summed E-state index contributed by atoms with van der Waals surface area (Å²) in [7, 11) is 1.57. The van der Waals surface area contributed by atoms with Gasteiger partial charge in [0.05, 0.1) is 39.1 Å². The van der Waals surface area contributed by atoms with Crippen LogP contribution in [0.4, 0.5) is 0 Å². The number of rotatable bonds is 15. The average molecular weight is 358 g/mol. The number of allylic oxidation sites excluding steroid dienone is 1. The SMILES string of the molecule is CC(C)OCCOCCOCCNC(=O)CCN(C)C(=O)/C=C\C=O. The monoisotopic (exact) mass is 358 g/mol. The van der Waals surface area contributed by atoms with E-state index in [0.717, 1.165) is 12.2 Å². The van der Waals surface area contributed by atoms with Crippen molar-refractivity contribution < 1.29 is 28.6 Å². The lowest BCUT2D eigenvalue weighted by atomic mass is 10.3. The lowest BCUT2D eigenvalue weighted by Crippen LogP contribution is -2.33. The molecule has 2 amide bonds. The van der Waals surface area contributed by atoms with Crippen LogP contribution in [0.3, 0.4) is 0 Å². The van der Waals surface area contributed by atoms with Crippen LogP contribution in [0.1, 0.15) is 20.3 Å². The molecule has 8 nitrogen and oxygen atoms in total. The maximum absolute atomic E-state index is 11.6. The van der Waals surface area contributed by atoms with Gasteiger partial charge in [0, 0.05) is 32.6 Å². The summed E-state index contributed by atoms with van der Waals surface area (Å²) in [6, 6.07) is 0. The van der Waals surface area contributed by atoms with Crippen LogP contribution in [0.25, 0.3) is 0 Å². The summed E-state index contributed by atoms with van der Waals surface area (Å²) in [5, 5.41) is 2.71. The molecule has 0 radical (unpaired) electrons. The highest BCUT2D eigenvalue weighted by Gasteiger charge is 2.07. The first kappa shape index (κ1) is 23.2. The van der Waals surface area contributed by atoms with E-state index in [2.05, 4.69) is 5.32 Å². The van der Waals surface area contributed by atoms with E-state index < -0.39 is 0 Å². The molecule has 0 aliphatic carbocycles. The summed E-state index contributed by atoms with van der Waals surface area (Å²) >= 11 is 0. The third kappa shape index (κ3) is 15.5. The van der Waals surface area contributed by atoms with Gasteiger partial charge in [0.15, 0.2) is 0 Å². The Bertz CT molecular complexity index is 412. The minimum absolute atomic E-state index is 0.162. The smallest absolute Gasteiger partial charge is 0.246 e. The van der Waals surface area contributed by atoms with Gasteiger partial charge in [-0.05, 0) is 19.9 Å². The molecule has 25 heavy (non-hydrogen) atoms. The van der Waals surface area contributed by atoms with Gasteiger partial charge >= 0.3 is 0 Å². The first-order valence-corrected chi connectivity index (χ1v) is 8.38. The Labute approximate surface area is 149 Å². The number of hydrogen-bond donors (Lipinski definition) is 1. The molecule has 0 fully saturated rings. The second kappa shape index (κ2) is 15.7. The number of carbonyl (C=O) groups is 3. The van der Waals surface area contributed by atoms with Crippen LogP contribution in [-0.4, -0.2) is 82.3 Å². The van der Waals surface area contributed by atoms with Crippen molar-refractivity contribution in [2.45, 2.75) is 26.4 Å². The molecular formula is C17H30N2O6. The summed E-state index contributed by atoms with van der Waals surface area (Å²) in [6.07, 6.45) is 3.21. The molecule has 144 valence electrons. The van der Waals surface area contributed by atoms with Gasteiger partial charge in [-0.15, -0.1) is 0 Å². The second-order valence-electron chi connectivity index (χ2n) is 5.50. The van der Waals surface area contributed by atoms with E-state index in [9.17, 15) is 14.4 Å². The molecule has 0 aliphatic rings. The number of carbonyl (C=O) groups excluding carboxylic acids is 3. The molecule has 0 aromatic rings. The second-order valence-corrected chi connectivity index (χ2v) is 5.50. The van der Waals surface area contributed by atoms with Crippen LogP contribution in [0.5, 0.6) is 0 Å². The first-order valence-electron chi connectivity index (χ1n) is 8.38. The van der Waals surface area contributed by atoms with Gasteiger partial charge in [0.1, 0.15) is 6.29 Å². The fourth-order valence-corrected chi connectivity index (χ4v) is 1.64. The van der Waals surface area contributed by atoms with Gasteiger partial charge in [0.2, 0.25) is 11.8 Å². The molecule has 0 aromatic carbocycles. The highest BCUT2D eigenvalue weighted by atomic mass is 16.5. The number of amides is 2. The Morgan fingerprint density at radius 3 is 2.36 bits per heavy atom. The molecule has 0 aromatic heterocycles. The van der Waals surface area contributed by atoms with Crippen LogP contribution in [0.2, 0.25) is 0 Å². The molecule has 0 bridgehead atoms. The molecule has 1 N–H and O–H groups in total. The number of aldehydes is 1. The average Bonchev–Trinajstić information content (AvgIpc) is 2.58. The minimum atomic E-state index is -0.318. The molecule has 0 unspecified atom stereocenters. The largest absolute Gasteiger partial charge is 0.377 e. The zero-order chi connectivity index (χ0) is 18.9. The van der Waals surface area contributed by atoms with Crippen LogP contribution in [0, 0.1) is 0 Å². The maximum atomic E-state index is 11.6. The van der Waals surface area contributed by atoms with Crippen molar-refractivity contribution in [2.75, 3.05) is 53.2 Å². The molecular weight excluding hydrogens is 328 g/mol. The molecule has 0 atom stereocenters. The summed E-state index contributed by atoms with van der Waals surface area (Å²) < 4.78 is 16.0. The summed E-state index contributed by atoms with van der Waals surface area (Å²) in [4.78, 5) is 34.6. The van der Waals surface area contributed by atoms with Crippen LogP contribution >= 0.6 is 0 Å². The van der Waals surface area contributed by atoms with Gasteiger partial charge in [-0.25, -0.2) is 0 Å². The van der Waals surface area contributed by atoms with Crippen molar-refractivity contribution >= 4 is 18.1 Å². The third-order valence-corrected chi connectivity index (χ3v) is 2.99. The van der Waals surface area contributed by atoms with Crippen molar-refractivity contribution in [1.82, 2.24) is 10.2 Å². The lowest BCUT2D eigenvalue weighted by Gasteiger charge is -2.14. The maximum Gasteiger partial charge on any atom is 0.246 e. The molecule has 8 heteroatoms. The van der Waals surface area contributed by atoms with E-state index in [1.54, 1.807) is 7.05 Å². The standard InChI is InChI=1S/C17H30N2O6/c1-15(2)25-14-13-24-12-11-23-10-7-18-16(21)6-8-19(3)17(22)5-4-9-20/h4-5,9,15H,6-8,10-14H2,1-3H3,(H,18,21)/b5-4-. The quantitative estimate of drug-likeness (QED) is 0.255. The zero-order valence-electron chi connectivity index (χ0n) is 15.4. The van der Waals surface area contributed by atoms with E-state index in [0.29, 0.717) is 45.9 Å². The first-order chi connectivity index (χ1) is 12.0. The fraction of sp³-hybridized carbons (Fsp3) is 0.706. The van der Waals surface area contributed by atoms with E-state index in [4.69, 9.17) is 14.2 Å². The lowest BCUT2D eigenvalue weighted by molar-refractivity contribution is -0.126. The predicted molar refractivity (Wildman–Crippen MR) is 93.2 cm³/mol.